The van der Waals surface area contributed by atoms with Crippen molar-refractivity contribution in [3.05, 3.63) is 36.2 Å². The Bertz CT molecular complexity index is 431. The molecule has 2 rings (SSSR count). The Morgan fingerprint density at radius 2 is 2.50 bits per heavy atom. The molecule has 0 unspecified atom stereocenters. The molecule has 0 saturated carbocycles. The number of aromatic nitrogens is 3. The topological polar surface area (TPSA) is 60.9 Å². The maximum absolute atomic E-state index is 11.0. The lowest BCUT2D eigenvalue weighted by Crippen LogP contribution is -1.98. The summed E-state index contributed by atoms with van der Waals surface area (Å²) >= 11 is 0. The maximum Gasteiger partial charge on any atom is 0.213 e. The lowest BCUT2D eigenvalue weighted by atomic mass is 10.2. The summed E-state index contributed by atoms with van der Waals surface area (Å²) in [6, 6.07) is 1.77. The summed E-state index contributed by atoms with van der Waals surface area (Å²) in [6.07, 6.45) is 4.86. The van der Waals surface area contributed by atoms with E-state index in [4.69, 9.17) is 0 Å². The van der Waals surface area contributed by atoms with Gasteiger partial charge in [-0.2, -0.15) is 4.98 Å². The third-order valence-electron chi connectivity index (χ3n) is 1.89. The van der Waals surface area contributed by atoms with Gasteiger partial charge in [-0.05, 0) is 13.0 Å². The SMILES string of the molecule is CC(=O)c1ccn(Cc2ncon2)c1. The third kappa shape index (κ3) is 1.71. The Hall–Kier alpha value is -1.91. The molecule has 0 amide bonds. The van der Waals surface area contributed by atoms with Crippen molar-refractivity contribution >= 4 is 5.78 Å². The molecule has 5 nitrogen and oxygen atoms in total. The zero-order valence-electron chi connectivity index (χ0n) is 7.67. The van der Waals surface area contributed by atoms with Gasteiger partial charge in [0.05, 0.1) is 6.54 Å². The van der Waals surface area contributed by atoms with Crippen LogP contribution >= 0.6 is 0 Å². The molecule has 14 heavy (non-hydrogen) atoms. The minimum atomic E-state index is 0.0526. The fraction of sp³-hybridized carbons (Fsp3) is 0.222. The van der Waals surface area contributed by atoms with E-state index >= 15 is 0 Å². The number of carbonyl (C=O) groups is 1. The summed E-state index contributed by atoms with van der Waals surface area (Å²) in [5, 5.41) is 3.67. The summed E-state index contributed by atoms with van der Waals surface area (Å²) in [5.41, 5.74) is 0.688. The first-order chi connectivity index (χ1) is 6.75. The highest BCUT2D eigenvalue weighted by molar-refractivity contribution is 5.93. The first-order valence-electron chi connectivity index (χ1n) is 4.17. The van der Waals surface area contributed by atoms with Crippen LogP contribution in [0.5, 0.6) is 0 Å². The quantitative estimate of drug-likeness (QED) is 0.682. The van der Waals surface area contributed by atoms with Crippen LogP contribution < -0.4 is 0 Å². The molecular weight excluding hydrogens is 182 g/mol. The smallest absolute Gasteiger partial charge is 0.213 e. The Labute approximate surface area is 80.3 Å². The monoisotopic (exact) mass is 191 g/mol. The Balaban J connectivity index is 2.14. The minimum Gasteiger partial charge on any atom is -0.346 e. The average Bonchev–Trinajstić information content (AvgIpc) is 2.75. The molecule has 72 valence electrons. The van der Waals surface area contributed by atoms with Crippen molar-refractivity contribution in [2.45, 2.75) is 13.5 Å². The predicted molar refractivity (Wildman–Crippen MR) is 47.8 cm³/mol. The molecule has 0 bridgehead atoms. The molecule has 0 aliphatic rings. The molecule has 0 spiro atoms. The van der Waals surface area contributed by atoms with E-state index in [9.17, 15) is 4.79 Å². The summed E-state index contributed by atoms with van der Waals surface area (Å²) in [6.45, 7) is 2.05. The van der Waals surface area contributed by atoms with E-state index in [-0.39, 0.29) is 5.78 Å². The van der Waals surface area contributed by atoms with Gasteiger partial charge in [-0.1, -0.05) is 5.16 Å². The van der Waals surface area contributed by atoms with E-state index in [2.05, 4.69) is 14.7 Å². The summed E-state index contributed by atoms with van der Waals surface area (Å²) in [7, 11) is 0. The number of carbonyl (C=O) groups excluding carboxylic acids is 1. The van der Waals surface area contributed by atoms with Gasteiger partial charge in [-0.3, -0.25) is 4.79 Å². The Morgan fingerprint density at radius 1 is 1.64 bits per heavy atom. The number of Topliss-reactive ketones (excluding diaryl/α,β-unsaturated/α-hetero) is 1. The van der Waals surface area contributed by atoms with Crippen molar-refractivity contribution in [3.63, 3.8) is 0 Å². The summed E-state index contributed by atoms with van der Waals surface area (Å²) < 4.78 is 6.43. The molecule has 0 aliphatic heterocycles. The van der Waals surface area contributed by atoms with Gasteiger partial charge in [0.15, 0.2) is 11.6 Å². The Morgan fingerprint density at radius 3 is 3.07 bits per heavy atom. The van der Waals surface area contributed by atoms with Crippen molar-refractivity contribution in [1.82, 2.24) is 14.7 Å². The molecule has 5 heteroatoms. The van der Waals surface area contributed by atoms with Gasteiger partial charge in [-0.15, -0.1) is 0 Å². The van der Waals surface area contributed by atoms with Gasteiger partial charge in [-0.25, -0.2) is 0 Å². The van der Waals surface area contributed by atoms with E-state index in [1.165, 1.54) is 13.3 Å². The molecule has 0 aliphatic carbocycles. The molecule has 2 aromatic rings. The maximum atomic E-state index is 11.0. The number of rotatable bonds is 3. The zero-order valence-corrected chi connectivity index (χ0v) is 7.67. The van der Waals surface area contributed by atoms with Crippen LogP contribution in [0, 0.1) is 0 Å². The zero-order chi connectivity index (χ0) is 9.97. The lowest BCUT2D eigenvalue weighted by molar-refractivity contribution is 0.101. The second kappa shape index (κ2) is 3.45. The van der Waals surface area contributed by atoms with Crippen LogP contribution in [0.1, 0.15) is 23.1 Å². The van der Waals surface area contributed by atoms with Crippen LogP contribution in [-0.2, 0) is 6.54 Å². The molecule has 0 N–H and O–H groups in total. The number of hydrogen-bond acceptors (Lipinski definition) is 4. The molecule has 2 heterocycles. The van der Waals surface area contributed by atoms with Crippen LogP contribution in [-0.4, -0.2) is 20.5 Å². The van der Waals surface area contributed by atoms with Gasteiger partial charge in [0.25, 0.3) is 0 Å². The van der Waals surface area contributed by atoms with Gasteiger partial charge in [0.2, 0.25) is 6.39 Å². The highest BCUT2D eigenvalue weighted by Gasteiger charge is 2.03. The van der Waals surface area contributed by atoms with Crippen molar-refractivity contribution < 1.29 is 9.32 Å². The second-order valence-electron chi connectivity index (χ2n) is 2.98. The first kappa shape index (κ1) is 8.68. The van der Waals surface area contributed by atoms with E-state index < -0.39 is 0 Å². The van der Waals surface area contributed by atoms with Crippen molar-refractivity contribution in [1.29, 1.82) is 0 Å². The average molecular weight is 191 g/mol. The normalized spacial score (nSPS) is 10.4. The highest BCUT2D eigenvalue weighted by Crippen LogP contribution is 2.03. The van der Waals surface area contributed by atoms with E-state index in [0.717, 1.165) is 0 Å². The molecule has 2 aromatic heterocycles. The van der Waals surface area contributed by atoms with Gasteiger partial charge >= 0.3 is 0 Å². The van der Waals surface area contributed by atoms with Gasteiger partial charge in [0, 0.05) is 18.0 Å². The van der Waals surface area contributed by atoms with Crippen molar-refractivity contribution in [3.8, 4) is 0 Å². The van der Waals surface area contributed by atoms with E-state index in [0.29, 0.717) is 17.9 Å². The molecule has 0 aromatic carbocycles. The highest BCUT2D eigenvalue weighted by atomic mass is 16.5. The summed E-state index contributed by atoms with van der Waals surface area (Å²) in [5.74, 6) is 0.646. The second-order valence-corrected chi connectivity index (χ2v) is 2.98. The van der Waals surface area contributed by atoms with Crippen LogP contribution in [0.4, 0.5) is 0 Å². The van der Waals surface area contributed by atoms with E-state index in [1.54, 1.807) is 12.3 Å². The van der Waals surface area contributed by atoms with Crippen LogP contribution in [0.15, 0.2) is 29.4 Å². The molecule has 0 fully saturated rings. The van der Waals surface area contributed by atoms with Crippen molar-refractivity contribution in [2.24, 2.45) is 0 Å². The number of hydrogen-bond donors (Lipinski definition) is 0. The standard InChI is InChI=1S/C9H9N3O2/c1-7(13)8-2-3-12(4-8)5-9-10-6-14-11-9/h2-4,6H,5H2,1H3. The fourth-order valence-corrected chi connectivity index (χ4v) is 1.17. The van der Waals surface area contributed by atoms with Crippen molar-refractivity contribution in [2.75, 3.05) is 0 Å². The van der Waals surface area contributed by atoms with E-state index in [1.807, 2.05) is 10.8 Å². The molecular formula is C9H9N3O2. The summed E-state index contributed by atoms with van der Waals surface area (Å²) in [4.78, 5) is 14.9. The first-order valence-corrected chi connectivity index (χ1v) is 4.17. The molecule has 0 radical (unpaired) electrons. The van der Waals surface area contributed by atoms with Crippen LogP contribution in [0.25, 0.3) is 0 Å². The number of nitrogens with zero attached hydrogens (tertiary/aromatic N) is 3. The van der Waals surface area contributed by atoms with Crippen LogP contribution in [0.3, 0.4) is 0 Å². The molecule has 0 saturated heterocycles. The van der Waals surface area contributed by atoms with Crippen LogP contribution in [0.2, 0.25) is 0 Å². The fourth-order valence-electron chi connectivity index (χ4n) is 1.17. The number of ketones is 1. The lowest BCUT2D eigenvalue weighted by Gasteiger charge is -1.95. The largest absolute Gasteiger partial charge is 0.346 e. The predicted octanol–water partition coefficient (Wildman–Crippen LogP) is 1.12. The van der Waals surface area contributed by atoms with Gasteiger partial charge in [0.1, 0.15) is 0 Å². The molecule has 0 atom stereocenters. The Kier molecular flexibility index (Phi) is 2.14. The third-order valence-corrected chi connectivity index (χ3v) is 1.89. The van der Waals surface area contributed by atoms with Gasteiger partial charge < -0.3 is 9.09 Å². The minimum absolute atomic E-state index is 0.0526.